The lowest BCUT2D eigenvalue weighted by Crippen LogP contribution is -2.28. The van der Waals surface area contributed by atoms with Crippen molar-refractivity contribution in [3.05, 3.63) is 71.5 Å². The SMILES string of the molecule is O=C(Cn1nc2ccccn2c1=O)Nc1c(-c2ccccc2)ncn1C1CC1. The number of anilines is 1. The van der Waals surface area contributed by atoms with Crippen LogP contribution in [0.15, 0.2) is 65.8 Å². The van der Waals surface area contributed by atoms with Crippen molar-refractivity contribution in [2.24, 2.45) is 0 Å². The van der Waals surface area contributed by atoms with Crippen LogP contribution < -0.4 is 11.0 Å². The van der Waals surface area contributed by atoms with Gasteiger partial charge in [-0.2, -0.15) is 0 Å². The minimum absolute atomic E-state index is 0.162. The van der Waals surface area contributed by atoms with Crippen LogP contribution in [-0.4, -0.2) is 29.6 Å². The molecule has 1 aliphatic carbocycles. The van der Waals surface area contributed by atoms with E-state index >= 15 is 0 Å². The highest BCUT2D eigenvalue weighted by molar-refractivity contribution is 5.93. The molecule has 1 aromatic carbocycles. The Balaban J connectivity index is 1.45. The fraction of sp³-hybridized carbons (Fsp3) is 0.200. The molecule has 4 aromatic rings. The van der Waals surface area contributed by atoms with Gasteiger partial charge in [0.25, 0.3) is 0 Å². The first-order valence-electron chi connectivity index (χ1n) is 9.17. The second kappa shape index (κ2) is 6.49. The number of rotatable bonds is 5. The van der Waals surface area contributed by atoms with Gasteiger partial charge in [-0.3, -0.25) is 9.20 Å². The van der Waals surface area contributed by atoms with E-state index in [1.807, 2.05) is 34.9 Å². The van der Waals surface area contributed by atoms with Crippen molar-refractivity contribution in [3.63, 3.8) is 0 Å². The van der Waals surface area contributed by atoms with Crippen LogP contribution in [0.5, 0.6) is 0 Å². The standard InChI is InChI=1S/C20H18N6O2/c27-17(12-26-20(28)24-11-5-4-8-16(24)23-26)22-19-18(14-6-2-1-3-7-14)21-13-25(19)15-9-10-15/h1-8,11,13,15H,9-10,12H2,(H,22,27). The van der Waals surface area contributed by atoms with E-state index in [0.717, 1.165) is 24.1 Å². The lowest BCUT2D eigenvalue weighted by Gasteiger charge is -2.11. The van der Waals surface area contributed by atoms with Crippen LogP contribution in [0.1, 0.15) is 18.9 Å². The average Bonchev–Trinajstić information content (AvgIpc) is 3.41. The van der Waals surface area contributed by atoms with E-state index in [1.165, 1.54) is 9.08 Å². The number of carbonyl (C=O) groups is 1. The molecule has 0 atom stereocenters. The Morgan fingerprint density at radius 2 is 1.89 bits per heavy atom. The summed E-state index contributed by atoms with van der Waals surface area (Å²) in [5, 5.41) is 7.17. The summed E-state index contributed by atoms with van der Waals surface area (Å²) in [5.74, 6) is 0.348. The Morgan fingerprint density at radius 1 is 1.11 bits per heavy atom. The van der Waals surface area contributed by atoms with Crippen molar-refractivity contribution in [1.29, 1.82) is 0 Å². The maximum absolute atomic E-state index is 12.7. The summed E-state index contributed by atoms with van der Waals surface area (Å²) in [4.78, 5) is 29.7. The summed E-state index contributed by atoms with van der Waals surface area (Å²) in [5.41, 5.74) is 1.82. The van der Waals surface area contributed by atoms with Gasteiger partial charge >= 0.3 is 5.69 Å². The van der Waals surface area contributed by atoms with Crippen molar-refractivity contribution < 1.29 is 4.79 Å². The molecule has 1 amide bonds. The Morgan fingerprint density at radius 3 is 2.64 bits per heavy atom. The van der Waals surface area contributed by atoms with E-state index in [9.17, 15) is 9.59 Å². The third kappa shape index (κ3) is 2.88. The number of amides is 1. The molecule has 28 heavy (non-hydrogen) atoms. The molecule has 3 aromatic heterocycles. The number of benzene rings is 1. The summed E-state index contributed by atoms with van der Waals surface area (Å²) in [6.45, 7) is -0.162. The van der Waals surface area contributed by atoms with Gasteiger partial charge in [0.2, 0.25) is 5.91 Å². The number of nitrogens with one attached hydrogen (secondary N) is 1. The van der Waals surface area contributed by atoms with Gasteiger partial charge in [-0.05, 0) is 25.0 Å². The monoisotopic (exact) mass is 374 g/mol. The molecule has 1 N–H and O–H groups in total. The summed E-state index contributed by atoms with van der Waals surface area (Å²) >= 11 is 0. The van der Waals surface area contributed by atoms with Gasteiger partial charge in [0.1, 0.15) is 18.1 Å². The fourth-order valence-corrected chi connectivity index (χ4v) is 3.30. The van der Waals surface area contributed by atoms with Gasteiger partial charge in [-0.25, -0.2) is 14.5 Å². The number of nitrogens with zero attached hydrogens (tertiary/aromatic N) is 5. The number of fused-ring (bicyclic) bond motifs is 1. The quantitative estimate of drug-likeness (QED) is 0.581. The van der Waals surface area contributed by atoms with Crippen molar-refractivity contribution in [3.8, 4) is 11.3 Å². The smallest absolute Gasteiger partial charge is 0.314 e. The molecule has 0 unspecified atom stereocenters. The van der Waals surface area contributed by atoms with Gasteiger partial charge in [-0.1, -0.05) is 36.4 Å². The fourth-order valence-electron chi connectivity index (χ4n) is 3.30. The van der Waals surface area contributed by atoms with Crippen molar-refractivity contribution in [2.45, 2.75) is 25.4 Å². The second-order valence-electron chi connectivity index (χ2n) is 6.86. The average molecular weight is 374 g/mol. The number of aromatic nitrogens is 5. The molecule has 0 bridgehead atoms. The van der Waals surface area contributed by atoms with Crippen molar-refractivity contribution in [1.82, 2.24) is 23.7 Å². The van der Waals surface area contributed by atoms with E-state index < -0.39 is 0 Å². The summed E-state index contributed by atoms with van der Waals surface area (Å²) < 4.78 is 4.59. The molecular weight excluding hydrogens is 356 g/mol. The molecule has 3 heterocycles. The largest absolute Gasteiger partial charge is 0.350 e. The highest BCUT2D eigenvalue weighted by atomic mass is 16.2. The number of hydrogen-bond acceptors (Lipinski definition) is 4. The summed E-state index contributed by atoms with van der Waals surface area (Å²) in [7, 11) is 0. The Labute approximate surface area is 160 Å². The molecule has 0 radical (unpaired) electrons. The Bertz CT molecular complexity index is 1220. The molecule has 1 saturated carbocycles. The van der Waals surface area contributed by atoms with E-state index in [1.54, 1.807) is 30.7 Å². The van der Waals surface area contributed by atoms with Crippen LogP contribution >= 0.6 is 0 Å². The predicted octanol–water partition coefficient (Wildman–Crippen LogP) is 2.33. The number of carbonyl (C=O) groups excluding carboxylic acids is 1. The van der Waals surface area contributed by atoms with Gasteiger partial charge in [0.05, 0.1) is 6.33 Å². The summed E-state index contributed by atoms with van der Waals surface area (Å²) in [6.07, 6.45) is 5.54. The zero-order chi connectivity index (χ0) is 19.1. The third-order valence-electron chi connectivity index (χ3n) is 4.82. The first kappa shape index (κ1) is 16.5. The van der Waals surface area contributed by atoms with E-state index in [2.05, 4.69) is 15.4 Å². The number of hydrogen-bond donors (Lipinski definition) is 1. The van der Waals surface area contributed by atoms with Crippen molar-refractivity contribution >= 4 is 17.4 Å². The molecule has 1 fully saturated rings. The molecule has 8 heteroatoms. The normalized spacial score (nSPS) is 13.7. The molecule has 5 rings (SSSR count). The Hall–Kier alpha value is -3.68. The molecule has 0 saturated heterocycles. The molecule has 1 aliphatic rings. The molecule has 0 aliphatic heterocycles. The third-order valence-corrected chi connectivity index (χ3v) is 4.82. The van der Waals surface area contributed by atoms with Gasteiger partial charge in [-0.15, -0.1) is 5.10 Å². The first-order valence-corrected chi connectivity index (χ1v) is 9.17. The molecule has 8 nitrogen and oxygen atoms in total. The van der Waals surface area contributed by atoms with Crippen LogP contribution in [0.4, 0.5) is 5.82 Å². The van der Waals surface area contributed by atoms with E-state index in [0.29, 0.717) is 17.5 Å². The van der Waals surface area contributed by atoms with Gasteiger partial charge < -0.3 is 9.88 Å². The zero-order valence-corrected chi connectivity index (χ0v) is 15.0. The van der Waals surface area contributed by atoms with Crippen molar-refractivity contribution in [2.75, 3.05) is 5.32 Å². The topological polar surface area (TPSA) is 86.2 Å². The highest BCUT2D eigenvalue weighted by Gasteiger charge is 2.28. The minimum atomic E-state index is -0.343. The number of imidazole rings is 1. The van der Waals surface area contributed by atoms with E-state index in [4.69, 9.17) is 0 Å². The lowest BCUT2D eigenvalue weighted by molar-refractivity contribution is -0.117. The first-order chi connectivity index (χ1) is 13.7. The zero-order valence-electron chi connectivity index (χ0n) is 15.0. The maximum atomic E-state index is 12.7. The lowest BCUT2D eigenvalue weighted by atomic mass is 10.1. The number of pyridine rings is 1. The van der Waals surface area contributed by atoms with Crippen LogP contribution in [0.25, 0.3) is 16.9 Å². The highest BCUT2D eigenvalue weighted by Crippen LogP contribution is 2.40. The van der Waals surface area contributed by atoms with Crippen LogP contribution in [0.3, 0.4) is 0 Å². The van der Waals surface area contributed by atoms with Gasteiger partial charge in [0.15, 0.2) is 5.65 Å². The Kier molecular flexibility index (Phi) is 3.82. The van der Waals surface area contributed by atoms with Crippen LogP contribution in [-0.2, 0) is 11.3 Å². The molecule has 140 valence electrons. The van der Waals surface area contributed by atoms with Gasteiger partial charge in [0, 0.05) is 17.8 Å². The van der Waals surface area contributed by atoms with E-state index in [-0.39, 0.29) is 18.1 Å². The summed E-state index contributed by atoms with van der Waals surface area (Å²) in [6, 6.07) is 15.4. The maximum Gasteiger partial charge on any atom is 0.350 e. The second-order valence-corrected chi connectivity index (χ2v) is 6.86. The van der Waals surface area contributed by atoms with Crippen LogP contribution in [0, 0.1) is 0 Å². The minimum Gasteiger partial charge on any atom is -0.314 e. The molecular formula is C20H18N6O2. The van der Waals surface area contributed by atoms with Crippen LogP contribution in [0.2, 0.25) is 0 Å². The molecule has 0 spiro atoms. The predicted molar refractivity (Wildman–Crippen MR) is 104 cm³/mol.